The maximum absolute atomic E-state index is 6.02. The molecule has 0 aromatic heterocycles. The summed E-state index contributed by atoms with van der Waals surface area (Å²) in [7, 11) is 1.72. The van der Waals surface area contributed by atoms with Gasteiger partial charge in [0.1, 0.15) is 5.75 Å². The second kappa shape index (κ2) is 4.48. The van der Waals surface area contributed by atoms with Crippen LogP contribution in [0.25, 0.3) is 0 Å². The lowest BCUT2D eigenvalue weighted by atomic mass is 9.81. The van der Waals surface area contributed by atoms with E-state index in [9.17, 15) is 0 Å². The van der Waals surface area contributed by atoms with E-state index in [2.05, 4.69) is 24.4 Å². The summed E-state index contributed by atoms with van der Waals surface area (Å²) in [5.41, 5.74) is 2.56. The van der Waals surface area contributed by atoms with Crippen molar-refractivity contribution in [3.05, 3.63) is 29.3 Å². The molecule has 0 bridgehead atoms. The van der Waals surface area contributed by atoms with Crippen LogP contribution in [-0.2, 0) is 11.3 Å². The van der Waals surface area contributed by atoms with Crippen LogP contribution in [0.1, 0.15) is 24.0 Å². The van der Waals surface area contributed by atoms with Crippen LogP contribution in [0.15, 0.2) is 18.2 Å². The maximum Gasteiger partial charge on any atom is 0.124 e. The van der Waals surface area contributed by atoms with Gasteiger partial charge in [-0.15, -0.1) is 12.4 Å². The Morgan fingerprint density at radius 2 is 2.29 bits per heavy atom. The zero-order valence-electron chi connectivity index (χ0n) is 10.2. The molecule has 0 saturated carbocycles. The molecule has 0 spiro atoms. The summed E-state index contributed by atoms with van der Waals surface area (Å²) < 4.78 is 11.4. The largest absolute Gasteiger partial charge is 0.496 e. The number of benzene rings is 1. The minimum Gasteiger partial charge on any atom is -0.496 e. The molecule has 2 aliphatic heterocycles. The second-order valence-electron chi connectivity index (χ2n) is 4.81. The first-order valence-corrected chi connectivity index (χ1v) is 5.75. The Hall–Kier alpha value is -0.770. The Morgan fingerprint density at radius 1 is 1.47 bits per heavy atom. The van der Waals surface area contributed by atoms with Crippen LogP contribution >= 0.6 is 12.4 Å². The molecule has 1 N–H and O–H groups in total. The first-order valence-electron chi connectivity index (χ1n) is 5.75. The van der Waals surface area contributed by atoms with E-state index in [1.165, 1.54) is 11.1 Å². The number of fused-ring (bicyclic) bond motifs is 3. The number of rotatable bonds is 1. The first kappa shape index (κ1) is 12.7. The molecule has 3 rings (SSSR count). The third-order valence-electron chi connectivity index (χ3n) is 3.87. The molecule has 17 heavy (non-hydrogen) atoms. The molecule has 1 fully saturated rings. The summed E-state index contributed by atoms with van der Waals surface area (Å²) in [4.78, 5) is 0. The van der Waals surface area contributed by atoms with Gasteiger partial charge in [0.05, 0.1) is 19.3 Å². The molecule has 2 aliphatic rings. The van der Waals surface area contributed by atoms with E-state index in [1.807, 2.05) is 6.07 Å². The van der Waals surface area contributed by atoms with E-state index in [0.717, 1.165) is 18.8 Å². The van der Waals surface area contributed by atoms with Crippen molar-refractivity contribution in [2.24, 2.45) is 0 Å². The van der Waals surface area contributed by atoms with Crippen LogP contribution in [0, 0.1) is 0 Å². The average molecular weight is 256 g/mol. The minimum atomic E-state index is -0.0423. The van der Waals surface area contributed by atoms with Gasteiger partial charge < -0.3 is 14.8 Å². The summed E-state index contributed by atoms with van der Waals surface area (Å²) in [5.74, 6) is 1.40. The molecule has 2 unspecified atom stereocenters. The van der Waals surface area contributed by atoms with Gasteiger partial charge in [0.2, 0.25) is 0 Å². The Labute approximate surface area is 108 Å². The van der Waals surface area contributed by atoms with Gasteiger partial charge >= 0.3 is 0 Å². The molecule has 94 valence electrons. The van der Waals surface area contributed by atoms with Crippen LogP contribution < -0.4 is 10.1 Å². The van der Waals surface area contributed by atoms with Crippen LogP contribution in [-0.4, -0.2) is 25.8 Å². The lowest BCUT2D eigenvalue weighted by Gasteiger charge is -2.37. The zero-order valence-corrected chi connectivity index (χ0v) is 11.0. The summed E-state index contributed by atoms with van der Waals surface area (Å²) in [5, 5.41) is 3.42. The highest BCUT2D eigenvalue weighted by Crippen LogP contribution is 2.43. The Morgan fingerprint density at radius 3 is 3.06 bits per heavy atom. The molecule has 0 radical (unpaired) electrons. The van der Waals surface area contributed by atoms with E-state index >= 15 is 0 Å². The molecule has 0 amide bonds. The molecular formula is C13H18ClNO2. The standard InChI is InChI=1S/C13H17NO2.ClH/c1-13-8-14-6-11(13)9-4-3-5-12(15-2)10(9)7-16-13;/h3-5,11,14H,6-8H2,1-2H3;1H. The summed E-state index contributed by atoms with van der Waals surface area (Å²) >= 11 is 0. The quantitative estimate of drug-likeness (QED) is 0.834. The molecular weight excluding hydrogens is 238 g/mol. The van der Waals surface area contributed by atoms with Crippen LogP contribution in [0.3, 0.4) is 0 Å². The zero-order chi connectivity index (χ0) is 11.2. The number of ether oxygens (including phenoxy) is 2. The molecule has 1 saturated heterocycles. The van der Waals surface area contributed by atoms with Crippen molar-refractivity contribution in [1.82, 2.24) is 5.32 Å². The summed E-state index contributed by atoms with van der Waals surface area (Å²) in [6, 6.07) is 6.28. The predicted molar refractivity (Wildman–Crippen MR) is 69.0 cm³/mol. The lowest BCUT2D eigenvalue weighted by Crippen LogP contribution is -2.39. The minimum absolute atomic E-state index is 0. The van der Waals surface area contributed by atoms with Gasteiger partial charge in [-0.05, 0) is 18.6 Å². The van der Waals surface area contributed by atoms with Gasteiger partial charge in [0.25, 0.3) is 0 Å². The summed E-state index contributed by atoms with van der Waals surface area (Å²) in [6.07, 6.45) is 0. The molecule has 3 nitrogen and oxygen atoms in total. The predicted octanol–water partition coefficient (Wildman–Crippen LogP) is 2.09. The van der Waals surface area contributed by atoms with Crippen molar-refractivity contribution in [1.29, 1.82) is 0 Å². The molecule has 0 aliphatic carbocycles. The Balaban J connectivity index is 0.00000108. The van der Waals surface area contributed by atoms with Gasteiger partial charge in [0.15, 0.2) is 0 Å². The fraction of sp³-hybridized carbons (Fsp3) is 0.538. The molecule has 2 heterocycles. The van der Waals surface area contributed by atoms with Gasteiger partial charge in [-0.3, -0.25) is 0 Å². The number of hydrogen-bond donors (Lipinski definition) is 1. The van der Waals surface area contributed by atoms with Crippen molar-refractivity contribution in [3.63, 3.8) is 0 Å². The summed E-state index contributed by atoms with van der Waals surface area (Å²) in [6.45, 7) is 4.79. The second-order valence-corrected chi connectivity index (χ2v) is 4.81. The molecule has 4 heteroatoms. The van der Waals surface area contributed by atoms with Crippen LogP contribution in [0.4, 0.5) is 0 Å². The van der Waals surface area contributed by atoms with Crippen molar-refractivity contribution in [2.45, 2.75) is 25.0 Å². The Bertz CT molecular complexity index is 424. The fourth-order valence-corrected chi connectivity index (χ4v) is 2.89. The van der Waals surface area contributed by atoms with Gasteiger partial charge in [-0.1, -0.05) is 12.1 Å². The topological polar surface area (TPSA) is 30.5 Å². The number of methoxy groups -OCH3 is 1. The SMILES string of the molecule is COc1cccc2c1COC1(C)CNCC21.Cl. The third-order valence-corrected chi connectivity index (χ3v) is 3.87. The van der Waals surface area contributed by atoms with Gasteiger partial charge in [-0.2, -0.15) is 0 Å². The highest BCUT2D eigenvalue weighted by atomic mass is 35.5. The van der Waals surface area contributed by atoms with Crippen molar-refractivity contribution >= 4 is 12.4 Å². The molecule has 1 aromatic carbocycles. The van der Waals surface area contributed by atoms with Crippen molar-refractivity contribution in [3.8, 4) is 5.75 Å². The first-order chi connectivity index (χ1) is 7.74. The molecule has 1 aromatic rings. The van der Waals surface area contributed by atoms with Crippen molar-refractivity contribution in [2.75, 3.05) is 20.2 Å². The molecule has 2 atom stereocenters. The van der Waals surface area contributed by atoms with Gasteiger partial charge in [-0.25, -0.2) is 0 Å². The highest BCUT2D eigenvalue weighted by molar-refractivity contribution is 5.85. The fourth-order valence-electron chi connectivity index (χ4n) is 2.89. The van der Waals surface area contributed by atoms with Crippen LogP contribution in [0.5, 0.6) is 5.75 Å². The van der Waals surface area contributed by atoms with Gasteiger partial charge in [0, 0.05) is 24.6 Å². The van der Waals surface area contributed by atoms with E-state index in [0.29, 0.717) is 12.5 Å². The normalized spacial score (nSPS) is 30.1. The lowest BCUT2D eigenvalue weighted by molar-refractivity contribution is -0.0525. The maximum atomic E-state index is 6.02. The Kier molecular flexibility index (Phi) is 3.34. The number of nitrogens with one attached hydrogen (secondary N) is 1. The number of halogens is 1. The average Bonchev–Trinajstić information content (AvgIpc) is 2.70. The van der Waals surface area contributed by atoms with E-state index in [1.54, 1.807) is 7.11 Å². The van der Waals surface area contributed by atoms with Crippen molar-refractivity contribution < 1.29 is 9.47 Å². The monoisotopic (exact) mass is 255 g/mol. The third kappa shape index (κ3) is 1.82. The number of hydrogen-bond acceptors (Lipinski definition) is 3. The smallest absolute Gasteiger partial charge is 0.124 e. The van der Waals surface area contributed by atoms with E-state index < -0.39 is 0 Å². The van der Waals surface area contributed by atoms with E-state index in [-0.39, 0.29) is 18.0 Å². The van der Waals surface area contributed by atoms with Crippen LogP contribution in [0.2, 0.25) is 0 Å². The highest BCUT2D eigenvalue weighted by Gasteiger charge is 2.44. The van der Waals surface area contributed by atoms with E-state index in [4.69, 9.17) is 9.47 Å².